The first-order valence-corrected chi connectivity index (χ1v) is 7.23. The zero-order valence-electron chi connectivity index (χ0n) is 11.6. The van der Waals surface area contributed by atoms with E-state index in [1.165, 1.54) is 22.3 Å². The number of aryl methyl sites for hydroxylation is 2. The van der Waals surface area contributed by atoms with E-state index in [9.17, 15) is 5.11 Å². The third-order valence-corrected chi connectivity index (χ3v) is 5.08. The Bertz CT molecular complexity index is 686. The normalized spacial score (nSPS) is 22.9. The van der Waals surface area contributed by atoms with Gasteiger partial charge in [0.15, 0.2) is 0 Å². The molecular formula is C18H18O2. The molecule has 2 aliphatic carbocycles. The Kier molecular flexibility index (Phi) is 2.38. The second-order valence-corrected chi connectivity index (χ2v) is 5.95. The summed E-state index contributed by atoms with van der Waals surface area (Å²) in [6, 6.07) is 12.3. The number of hydrogen-bond donors (Lipinski definition) is 1. The monoisotopic (exact) mass is 266 g/mol. The van der Waals surface area contributed by atoms with E-state index in [1.807, 2.05) is 6.07 Å². The summed E-state index contributed by atoms with van der Waals surface area (Å²) >= 11 is 0. The van der Waals surface area contributed by atoms with Gasteiger partial charge in [0.2, 0.25) is 0 Å². The zero-order valence-corrected chi connectivity index (χ0v) is 11.6. The number of hydrogen-bond acceptors (Lipinski definition) is 2. The molecule has 0 radical (unpaired) electrons. The van der Waals surface area contributed by atoms with E-state index in [0.29, 0.717) is 5.75 Å². The molecule has 20 heavy (non-hydrogen) atoms. The van der Waals surface area contributed by atoms with E-state index in [4.69, 9.17) is 4.74 Å². The molecule has 4 rings (SSSR count). The molecule has 2 nitrogen and oxygen atoms in total. The zero-order chi connectivity index (χ0) is 13.7. The Balaban J connectivity index is 1.93. The number of phenolic OH excluding ortho intramolecular Hbond substituents is 1. The SMILES string of the molecule is COc1ccc2c(c1)C1(CCc3ccc(O)cc31)CC2. The van der Waals surface area contributed by atoms with Crippen molar-refractivity contribution in [2.75, 3.05) is 7.11 Å². The first kappa shape index (κ1) is 11.8. The first-order chi connectivity index (χ1) is 9.73. The average Bonchev–Trinajstić information content (AvgIpc) is 3.02. The van der Waals surface area contributed by atoms with Gasteiger partial charge in [0, 0.05) is 5.41 Å². The smallest absolute Gasteiger partial charge is 0.119 e. The van der Waals surface area contributed by atoms with Crippen LogP contribution in [0.5, 0.6) is 11.5 Å². The van der Waals surface area contributed by atoms with Crippen molar-refractivity contribution in [3.8, 4) is 11.5 Å². The van der Waals surface area contributed by atoms with Crippen LogP contribution >= 0.6 is 0 Å². The molecule has 2 aromatic rings. The van der Waals surface area contributed by atoms with Crippen LogP contribution in [0.1, 0.15) is 35.1 Å². The molecule has 0 saturated carbocycles. The first-order valence-electron chi connectivity index (χ1n) is 7.23. The maximum absolute atomic E-state index is 9.86. The summed E-state index contributed by atoms with van der Waals surface area (Å²) in [7, 11) is 1.72. The van der Waals surface area contributed by atoms with Gasteiger partial charge in [-0.1, -0.05) is 12.1 Å². The summed E-state index contributed by atoms with van der Waals surface area (Å²) in [5.74, 6) is 1.31. The van der Waals surface area contributed by atoms with Gasteiger partial charge in [-0.2, -0.15) is 0 Å². The van der Waals surface area contributed by atoms with Gasteiger partial charge < -0.3 is 9.84 Å². The summed E-state index contributed by atoms with van der Waals surface area (Å²) in [5.41, 5.74) is 5.64. The number of fused-ring (bicyclic) bond motifs is 4. The van der Waals surface area contributed by atoms with E-state index in [0.717, 1.165) is 31.4 Å². The fraction of sp³-hybridized carbons (Fsp3) is 0.333. The Morgan fingerprint density at radius 2 is 1.60 bits per heavy atom. The largest absolute Gasteiger partial charge is 0.508 e. The van der Waals surface area contributed by atoms with Crippen molar-refractivity contribution in [3.63, 3.8) is 0 Å². The van der Waals surface area contributed by atoms with Crippen molar-refractivity contribution >= 4 is 0 Å². The van der Waals surface area contributed by atoms with Crippen molar-refractivity contribution < 1.29 is 9.84 Å². The van der Waals surface area contributed by atoms with Crippen LogP contribution in [0.15, 0.2) is 36.4 Å². The maximum atomic E-state index is 9.86. The highest BCUT2D eigenvalue weighted by Crippen LogP contribution is 2.53. The Labute approximate surface area is 119 Å². The fourth-order valence-corrected chi connectivity index (χ4v) is 4.08. The lowest BCUT2D eigenvalue weighted by molar-refractivity contribution is 0.412. The van der Waals surface area contributed by atoms with Gasteiger partial charge in [-0.05, 0) is 72.2 Å². The van der Waals surface area contributed by atoms with Crippen LogP contribution in [-0.2, 0) is 18.3 Å². The van der Waals surface area contributed by atoms with Crippen LogP contribution in [0.3, 0.4) is 0 Å². The van der Waals surface area contributed by atoms with Crippen LogP contribution in [0.25, 0.3) is 0 Å². The van der Waals surface area contributed by atoms with Gasteiger partial charge in [-0.25, -0.2) is 0 Å². The van der Waals surface area contributed by atoms with Crippen molar-refractivity contribution in [1.29, 1.82) is 0 Å². The van der Waals surface area contributed by atoms with E-state index in [1.54, 1.807) is 13.2 Å². The second kappa shape index (κ2) is 4.02. The molecule has 0 amide bonds. The third-order valence-electron chi connectivity index (χ3n) is 5.08. The predicted octanol–water partition coefficient (Wildman–Crippen LogP) is 3.58. The molecule has 0 saturated heterocycles. The van der Waals surface area contributed by atoms with Crippen LogP contribution in [0.4, 0.5) is 0 Å². The minimum Gasteiger partial charge on any atom is -0.508 e. The fourth-order valence-electron chi connectivity index (χ4n) is 4.08. The van der Waals surface area contributed by atoms with E-state index in [-0.39, 0.29) is 5.41 Å². The minimum atomic E-state index is 0.0952. The number of rotatable bonds is 1. The highest BCUT2D eigenvalue weighted by atomic mass is 16.5. The van der Waals surface area contributed by atoms with Gasteiger partial charge in [-0.3, -0.25) is 0 Å². The highest BCUT2D eigenvalue weighted by Gasteiger charge is 2.44. The predicted molar refractivity (Wildman–Crippen MR) is 78.5 cm³/mol. The van der Waals surface area contributed by atoms with Crippen molar-refractivity contribution in [3.05, 3.63) is 58.7 Å². The number of aromatic hydroxyl groups is 1. The molecule has 0 aromatic heterocycles. The average molecular weight is 266 g/mol. The number of phenols is 1. The molecule has 2 heteroatoms. The van der Waals surface area contributed by atoms with Gasteiger partial charge >= 0.3 is 0 Å². The van der Waals surface area contributed by atoms with Crippen molar-refractivity contribution in [2.24, 2.45) is 0 Å². The molecule has 1 N–H and O–H groups in total. The lowest BCUT2D eigenvalue weighted by atomic mass is 9.76. The summed E-state index contributed by atoms with van der Waals surface area (Å²) in [4.78, 5) is 0. The molecule has 2 aromatic carbocycles. The summed E-state index contributed by atoms with van der Waals surface area (Å²) < 4.78 is 5.40. The van der Waals surface area contributed by atoms with Gasteiger partial charge in [0.1, 0.15) is 11.5 Å². The minimum absolute atomic E-state index is 0.0952. The second-order valence-electron chi connectivity index (χ2n) is 5.95. The van der Waals surface area contributed by atoms with E-state index in [2.05, 4.69) is 24.3 Å². The molecule has 2 aliphatic rings. The topological polar surface area (TPSA) is 29.5 Å². The molecule has 1 unspecified atom stereocenters. The number of methoxy groups -OCH3 is 1. The summed E-state index contributed by atoms with van der Waals surface area (Å²) in [5, 5.41) is 9.86. The van der Waals surface area contributed by atoms with E-state index >= 15 is 0 Å². The third kappa shape index (κ3) is 1.45. The van der Waals surface area contributed by atoms with E-state index < -0.39 is 0 Å². The van der Waals surface area contributed by atoms with Gasteiger partial charge in [0.05, 0.1) is 7.11 Å². The number of benzene rings is 2. The maximum Gasteiger partial charge on any atom is 0.119 e. The molecule has 1 spiro atoms. The van der Waals surface area contributed by atoms with Crippen molar-refractivity contribution in [2.45, 2.75) is 31.1 Å². The molecule has 0 aliphatic heterocycles. The Hall–Kier alpha value is -1.96. The lowest BCUT2D eigenvalue weighted by Gasteiger charge is -2.27. The van der Waals surface area contributed by atoms with Crippen LogP contribution in [-0.4, -0.2) is 12.2 Å². The van der Waals surface area contributed by atoms with Crippen LogP contribution in [0, 0.1) is 0 Å². The Morgan fingerprint density at radius 1 is 0.950 bits per heavy atom. The van der Waals surface area contributed by atoms with Crippen LogP contribution in [0.2, 0.25) is 0 Å². The summed E-state index contributed by atoms with van der Waals surface area (Å²) in [6.45, 7) is 0. The molecule has 0 heterocycles. The Morgan fingerprint density at radius 3 is 2.30 bits per heavy atom. The van der Waals surface area contributed by atoms with Gasteiger partial charge in [-0.15, -0.1) is 0 Å². The van der Waals surface area contributed by atoms with Crippen LogP contribution < -0.4 is 4.74 Å². The molecule has 1 atom stereocenters. The molecule has 102 valence electrons. The van der Waals surface area contributed by atoms with Gasteiger partial charge in [0.25, 0.3) is 0 Å². The standard InChI is InChI=1S/C18H18O2/c1-20-15-5-3-13-7-9-18(17(13)11-15)8-6-12-2-4-14(19)10-16(12)18/h2-5,10-11,19H,6-9H2,1H3. The number of ether oxygens (including phenoxy) is 1. The quantitative estimate of drug-likeness (QED) is 0.855. The summed E-state index contributed by atoms with van der Waals surface area (Å²) in [6.07, 6.45) is 4.51. The van der Waals surface area contributed by atoms with Crippen molar-refractivity contribution in [1.82, 2.24) is 0 Å². The molecular weight excluding hydrogens is 248 g/mol. The lowest BCUT2D eigenvalue weighted by Crippen LogP contribution is -2.21. The molecule has 0 bridgehead atoms. The molecule has 0 fully saturated rings. The highest BCUT2D eigenvalue weighted by molar-refractivity contribution is 5.56.